The molecule has 0 amide bonds. The summed E-state index contributed by atoms with van der Waals surface area (Å²) in [7, 11) is -5.47. The first-order chi connectivity index (χ1) is 7.72. The molecule has 0 aromatic carbocycles. The van der Waals surface area contributed by atoms with Gasteiger partial charge in [-0.25, -0.2) is 4.31 Å². The van der Waals surface area contributed by atoms with Gasteiger partial charge in [0.25, 0.3) is 0 Å². The summed E-state index contributed by atoms with van der Waals surface area (Å²) in [4.78, 5) is 0. The zero-order valence-corrected chi connectivity index (χ0v) is 13.3. The van der Waals surface area contributed by atoms with E-state index in [-0.39, 0.29) is 11.3 Å². The van der Waals surface area contributed by atoms with Crippen molar-refractivity contribution in [3.8, 4) is 0 Å². The second-order valence-corrected chi connectivity index (χ2v) is 9.87. The lowest BCUT2D eigenvalue weighted by Gasteiger charge is -2.27. The molecule has 17 heavy (non-hydrogen) atoms. The monoisotopic (exact) mass is 286 g/mol. The molecule has 0 heterocycles. The Morgan fingerprint density at radius 2 is 1.47 bits per heavy atom. The van der Waals surface area contributed by atoms with Gasteiger partial charge in [0.2, 0.25) is 0 Å². The van der Waals surface area contributed by atoms with Crippen molar-refractivity contribution in [2.75, 3.05) is 13.7 Å². The Hall–Kier alpha value is 0.340. The van der Waals surface area contributed by atoms with Crippen LogP contribution in [0.25, 0.3) is 0 Å². The minimum Gasteiger partial charge on any atom is -0.311 e. The van der Waals surface area contributed by atoms with Crippen molar-refractivity contribution in [3.63, 3.8) is 0 Å². The molecule has 0 aliphatic rings. The highest BCUT2D eigenvalue weighted by Gasteiger charge is 2.41. The lowest BCUT2D eigenvalue weighted by atomic mass is 10.5. The minimum absolute atomic E-state index is 0.317. The van der Waals surface area contributed by atoms with E-state index in [9.17, 15) is 9.13 Å². The van der Waals surface area contributed by atoms with Crippen molar-refractivity contribution >= 4 is 15.2 Å². The van der Waals surface area contributed by atoms with Gasteiger partial charge in [-0.2, -0.15) is 0 Å². The third kappa shape index (κ3) is 4.84. The van der Waals surface area contributed by atoms with Gasteiger partial charge in [0.1, 0.15) is 0 Å². The number of rotatable bonds is 8. The van der Waals surface area contributed by atoms with Gasteiger partial charge >= 0.3 is 15.2 Å². The maximum Gasteiger partial charge on any atom is 0.340 e. The van der Waals surface area contributed by atoms with Crippen LogP contribution in [0.15, 0.2) is 0 Å². The molecule has 0 bridgehead atoms. The smallest absolute Gasteiger partial charge is 0.311 e. The Morgan fingerprint density at radius 1 is 1.00 bits per heavy atom. The lowest BCUT2D eigenvalue weighted by molar-refractivity contribution is 0.236. The summed E-state index contributed by atoms with van der Waals surface area (Å²) < 4.78 is 40.2. The first-order valence-corrected chi connectivity index (χ1v) is 9.05. The highest BCUT2D eigenvalue weighted by Crippen LogP contribution is 2.68. The standard InChI is InChI=1S/C10H24O5P2/c1-7-8-14-17(12,10(4)5)15-16(11,13-6)9(2)3/h9-10H,7-8H2,1-6H3. The summed E-state index contributed by atoms with van der Waals surface area (Å²) >= 11 is 0. The van der Waals surface area contributed by atoms with Gasteiger partial charge in [0.15, 0.2) is 0 Å². The van der Waals surface area contributed by atoms with E-state index in [0.717, 1.165) is 6.42 Å². The lowest BCUT2D eigenvalue weighted by Crippen LogP contribution is -2.10. The van der Waals surface area contributed by atoms with E-state index in [1.807, 2.05) is 6.92 Å². The highest BCUT2D eigenvalue weighted by atomic mass is 31.3. The average molecular weight is 286 g/mol. The molecular formula is C10H24O5P2. The fraction of sp³-hybridized carbons (Fsp3) is 1.00. The fourth-order valence-corrected chi connectivity index (χ4v) is 5.37. The molecule has 0 spiro atoms. The molecule has 104 valence electrons. The number of hydrogen-bond acceptors (Lipinski definition) is 5. The average Bonchev–Trinajstić information content (AvgIpc) is 2.25. The predicted molar refractivity (Wildman–Crippen MR) is 69.8 cm³/mol. The van der Waals surface area contributed by atoms with Crippen molar-refractivity contribution in [3.05, 3.63) is 0 Å². The Kier molecular flexibility index (Phi) is 7.20. The van der Waals surface area contributed by atoms with Crippen molar-refractivity contribution in [2.24, 2.45) is 0 Å². The van der Waals surface area contributed by atoms with Crippen molar-refractivity contribution < 1.29 is 22.5 Å². The van der Waals surface area contributed by atoms with Gasteiger partial charge in [-0.05, 0) is 6.42 Å². The molecule has 0 aromatic heterocycles. The molecule has 0 saturated heterocycles. The Balaban J connectivity index is 4.99. The van der Waals surface area contributed by atoms with Crippen LogP contribution in [0.1, 0.15) is 41.0 Å². The Morgan fingerprint density at radius 3 is 1.76 bits per heavy atom. The van der Waals surface area contributed by atoms with Crippen LogP contribution < -0.4 is 0 Å². The van der Waals surface area contributed by atoms with E-state index < -0.39 is 15.2 Å². The van der Waals surface area contributed by atoms with E-state index >= 15 is 0 Å². The first kappa shape index (κ1) is 17.3. The second kappa shape index (κ2) is 7.06. The van der Waals surface area contributed by atoms with E-state index in [1.165, 1.54) is 7.11 Å². The molecule has 0 aromatic rings. The van der Waals surface area contributed by atoms with Gasteiger partial charge in [0.05, 0.1) is 17.9 Å². The van der Waals surface area contributed by atoms with Crippen LogP contribution in [0.4, 0.5) is 0 Å². The molecule has 2 atom stereocenters. The topological polar surface area (TPSA) is 61.8 Å². The quantitative estimate of drug-likeness (QED) is 0.623. The van der Waals surface area contributed by atoms with Crippen LogP contribution in [0.2, 0.25) is 0 Å². The van der Waals surface area contributed by atoms with Crippen molar-refractivity contribution in [2.45, 2.75) is 52.4 Å². The van der Waals surface area contributed by atoms with Gasteiger partial charge in [-0.1, -0.05) is 34.6 Å². The molecule has 0 aliphatic heterocycles. The zero-order valence-electron chi connectivity index (χ0n) is 11.5. The first-order valence-electron chi connectivity index (χ1n) is 5.83. The van der Waals surface area contributed by atoms with Crippen LogP contribution in [-0.2, 0) is 22.5 Å². The molecule has 0 N–H and O–H groups in total. The predicted octanol–water partition coefficient (Wildman–Crippen LogP) is 4.28. The fourth-order valence-electron chi connectivity index (χ4n) is 0.983. The highest BCUT2D eigenvalue weighted by molar-refractivity contribution is 7.67. The van der Waals surface area contributed by atoms with Crippen LogP contribution in [0.5, 0.6) is 0 Å². The normalized spacial score (nSPS) is 19.3. The SMILES string of the molecule is CCCOP(=O)(OP(=O)(OC)C(C)C)C(C)C. The Labute approximate surface area is 104 Å². The van der Waals surface area contributed by atoms with E-state index in [4.69, 9.17) is 13.4 Å². The van der Waals surface area contributed by atoms with Crippen LogP contribution in [0, 0.1) is 0 Å². The largest absolute Gasteiger partial charge is 0.340 e. The van der Waals surface area contributed by atoms with Gasteiger partial charge in [0, 0.05) is 7.11 Å². The molecular weight excluding hydrogens is 262 g/mol. The maximum atomic E-state index is 12.5. The third-order valence-electron chi connectivity index (χ3n) is 2.22. The third-order valence-corrected chi connectivity index (χ3v) is 7.62. The van der Waals surface area contributed by atoms with E-state index in [1.54, 1.807) is 27.7 Å². The van der Waals surface area contributed by atoms with Crippen molar-refractivity contribution in [1.82, 2.24) is 0 Å². The molecule has 0 saturated carbocycles. The molecule has 0 aliphatic carbocycles. The van der Waals surface area contributed by atoms with Crippen LogP contribution >= 0.6 is 15.2 Å². The van der Waals surface area contributed by atoms with Crippen LogP contribution in [-0.4, -0.2) is 25.0 Å². The molecule has 0 radical (unpaired) electrons. The Bertz CT molecular complexity index is 314. The van der Waals surface area contributed by atoms with E-state index in [0.29, 0.717) is 6.61 Å². The maximum absolute atomic E-state index is 12.5. The van der Waals surface area contributed by atoms with Gasteiger partial charge in [-0.3, -0.25) is 9.13 Å². The second-order valence-electron chi connectivity index (χ2n) is 4.36. The zero-order chi connectivity index (χ0) is 13.7. The molecule has 5 nitrogen and oxygen atoms in total. The molecule has 0 rings (SSSR count). The summed E-state index contributed by atoms with van der Waals surface area (Å²) in [5.74, 6) is 0. The minimum atomic E-state index is -3.39. The summed E-state index contributed by atoms with van der Waals surface area (Å²) in [5.41, 5.74) is -0.707. The molecule has 2 unspecified atom stereocenters. The molecule has 7 heteroatoms. The summed E-state index contributed by atoms with van der Waals surface area (Å²) in [6.45, 7) is 9.07. The number of hydrogen-bond donors (Lipinski definition) is 0. The molecule has 0 fully saturated rings. The van der Waals surface area contributed by atoms with Gasteiger partial charge in [-0.15, -0.1) is 0 Å². The van der Waals surface area contributed by atoms with Crippen molar-refractivity contribution in [1.29, 1.82) is 0 Å². The van der Waals surface area contributed by atoms with Crippen LogP contribution in [0.3, 0.4) is 0 Å². The summed E-state index contributed by atoms with van der Waals surface area (Å²) in [5, 5.41) is 0. The van der Waals surface area contributed by atoms with E-state index in [2.05, 4.69) is 0 Å². The van der Waals surface area contributed by atoms with Gasteiger partial charge < -0.3 is 9.05 Å². The summed E-state index contributed by atoms with van der Waals surface area (Å²) in [6, 6.07) is 0. The summed E-state index contributed by atoms with van der Waals surface area (Å²) in [6.07, 6.45) is 0.721.